The van der Waals surface area contributed by atoms with E-state index in [0.29, 0.717) is 18.1 Å². The van der Waals surface area contributed by atoms with E-state index in [9.17, 15) is 5.11 Å². The van der Waals surface area contributed by atoms with Gasteiger partial charge in [0, 0.05) is 37.0 Å². The molecule has 0 spiro atoms. The third-order valence-electron chi connectivity index (χ3n) is 3.21. The maximum Gasteiger partial charge on any atom is 0.128 e. The van der Waals surface area contributed by atoms with Crippen molar-refractivity contribution in [3.8, 4) is 11.5 Å². The van der Waals surface area contributed by atoms with E-state index >= 15 is 0 Å². The summed E-state index contributed by atoms with van der Waals surface area (Å²) in [6.45, 7) is 2.24. The van der Waals surface area contributed by atoms with Crippen molar-refractivity contribution in [3.63, 3.8) is 0 Å². The van der Waals surface area contributed by atoms with E-state index in [0.717, 1.165) is 17.7 Å². The van der Waals surface area contributed by atoms with Crippen molar-refractivity contribution < 1.29 is 14.6 Å². The van der Waals surface area contributed by atoms with Gasteiger partial charge in [-0.05, 0) is 25.1 Å². The second-order valence-corrected chi connectivity index (χ2v) is 4.62. The number of ether oxygens (including phenoxy) is 2. The van der Waals surface area contributed by atoms with E-state index < -0.39 is 6.10 Å². The smallest absolute Gasteiger partial charge is 0.128 e. The fraction of sp³-hybridized carbons (Fsp3) is 0.400. The van der Waals surface area contributed by atoms with Crippen molar-refractivity contribution in [2.24, 2.45) is 7.05 Å². The van der Waals surface area contributed by atoms with E-state index in [1.807, 2.05) is 29.9 Å². The molecule has 1 N–H and O–H groups in total. The van der Waals surface area contributed by atoms with Crippen LogP contribution in [0.4, 0.5) is 0 Å². The van der Waals surface area contributed by atoms with Gasteiger partial charge in [-0.15, -0.1) is 0 Å². The van der Waals surface area contributed by atoms with Crippen molar-refractivity contribution in [1.29, 1.82) is 0 Å². The van der Waals surface area contributed by atoms with Gasteiger partial charge in [-0.2, -0.15) is 5.10 Å². The lowest BCUT2D eigenvalue weighted by Gasteiger charge is -2.14. The Balaban J connectivity index is 2.05. The second kappa shape index (κ2) is 6.43. The van der Waals surface area contributed by atoms with Gasteiger partial charge in [0.25, 0.3) is 0 Å². The molecular weight excluding hydrogens is 256 g/mol. The summed E-state index contributed by atoms with van der Waals surface area (Å²) >= 11 is 0. The molecule has 0 aliphatic carbocycles. The van der Waals surface area contributed by atoms with Gasteiger partial charge in [0.2, 0.25) is 0 Å². The number of aliphatic hydroxyl groups excluding tert-OH is 1. The lowest BCUT2D eigenvalue weighted by Crippen LogP contribution is -2.08. The molecule has 0 amide bonds. The lowest BCUT2D eigenvalue weighted by molar-refractivity contribution is 0.191. The van der Waals surface area contributed by atoms with E-state index in [1.54, 1.807) is 26.3 Å². The van der Waals surface area contributed by atoms with Crippen LogP contribution in [0.5, 0.6) is 11.5 Å². The Kier molecular flexibility index (Phi) is 4.63. The zero-order chi connectivity index (χ0) is 14.5. The summed E-state index contributed by atoms with van der Waals surface area (Å²) in [6, 6.07) is 7.40. The van der Waals surface area contributed by atoms with Crippen molar-refractivity contribution in [2.75, 3.05) is 13.7 Å². The van der Waals surface area contributed by atoms with E-state index in [1.165, 1.54) is 0 Å². The average Bonchev–Trinajstić information content (AvgIpc) is 2.84. The summed E-state index contributed by atoms with van der Waals surface area (Å²) in [5.41, 5.74) is 1.86. The average molecular weight is 276 g/mol. The number of rotatable bonds is 6. The third-order valence-corrected chi connectivity index (χ3v) is 3.21. The molecule has 0 aliphatic heterocycles. The maximum absolute atomic E-state index is 9.76. The highest BCUT2D eigenvalue weighted by atomic mass is 16.5. The Morgan fingerprint density at radius 2 is 2.15 bits per heavy atom. The molecule has 0 aliphatic rings. The van der Waals surface area contributed by atoms with E-state index in [-0.39, 0.29) is 0 Å². The highest BCUT2D eigenvalue weighted by Crippen LogP contribution is 2.29. The van der Waals surface area contributed by atoms with Gasteiger partial charge in [-0.25, -0.2) is 0 Å². The minimum absolute atomic E-state index is 0.520. The molecule has 1 heterocycles. The number of hydrogen-bond donors (Lipinski definition) is 1. The maximum atomic E-state index is 9.76. The molecule has 0 bridgehead atoms. The molecule has 5 nitrogen and oxygen atoms in total. The number of aliphatic hydroxyl groups is 1. The first-order valence-electron chi connectivity index (χ1n) is 6.57. The fourth-order valence-electron chi connectivity index (χ4n) is 2.02. The Bertz CT molecular complexity index is 564. The first kappa shape index (κ1) is 14.4. The monoisotopic (exact) mass is 276 g/mol. The van der Waals surface area contributed by atoms with Crippen LogP contribution >= 0.6 is 0 Å². The predicted octanol–water partition coefficient (Wildman–Crippen LogP) is 2.10. The molecule has 0 fully saturated rings. The van der Waals surface area contributed by atoms with Crippen molar-refractivity contribution >= 4 is 0 Å². The zero-order valence-electron chi connectivity index (χ0n) is 12.0. The summed E-state index contributed by atoms with van der Waals surface area (Å²) in [4.78, 5) is 0. The molecule has 0 unspecified atom stereocenters. The number of nitrogens with zero attached hydrogens (tertiary/aromatic N) is 2. The van der Waals surface area contributed by atoms with Crippen LogP contribution in [0.25, 0.3) is 0 Å². The molecule has 2 rings (SSSR count). The molecule has 0 saturated carbocycles. The van der Waals surface area contributed by atoms with Crippen LogP contribution in [0, 0.1) is 0 Å². The van der Waals surface area contributed by atoms with E-state index in [4.69, 9.17) is 9.47 Å². The largest absolute Gasteiger partial charge is 0.497 e. The Morgan fingerprint density at radius 1 is 1.35 bits per heavy atom. The molecule has 5 heteroatoms. The molecular formula is C15H20N2O3. The van der Waals surface area contributed by atoms with Crippen LogP contribution in [-0.4, -0.2) is 28.6 Å². The number of aryl methyl sites for hydroxylation is 1. The minimum Gasteiger partial charge on any atom is -0.497 e. The van der Waals surface area contributed by atoms with Crippen molar-refractivity contribution in [1.82, 2.24) is 9.78 Å². The Morgan fingerprint density at radius 3 is 2.75 bits per heavy atom. The lowest BCUT2D eigenvalue weighted by atomic mass is 10.1. The van der Waals surface area contributed by atoms with Crippen LogP contribution in [-0.2, 0) is 13.5 Å². The number of methoxy groups -OCH3 is 1. The Hall–Kier alpha value is -2.01. The summed E-state index contributed by atoms with van der Waals surface area (Å²) in [6.07, 6.45) is 1.95. The SMILES string of the molecule is COc1ccc([C@@H](C)O)c(OCCc2ccnn2C)c1. The number of aromatic nitrogens is 2. The quantitative estimate of drug-likeness (QED) is 0.878. The Labute approximate surface area is 118 Å². The summed E-state index contributed by atoms with van der Waals surface area (Å²) in [5.74, 6) is 1.37. The van der Waals surface area contributed by atoms with Crippen LogP contribution < -0.4 is 9.47 Å². The molecule has 1 atom stereocenters. The molecule has 0 radical (unpaired) electrons. The number of benzene rings is 1. The zero-order valence-corrected chi connectivity index (χ0v) is 12.0. The van der Waals surface area contributed by atoms with Gasteiger partial charge in [-0.3, -0.25) is 4.68 Å². The second-order valence-electron chi connectivity index (χ2n) is 4.62. The molecule has 1 aromatic carbocycles. The first-order chi connectivity index (χ1) is 9.61. The third kappa shape index (κ3) is 3.30. The highest BCUT2D eigenvalue weighted by molar-refractivity contribution is 5.41. The molecule has 1 aromatic heterocycles. The van der Waals surface area contributed by atoms with Crippen molar-refractivity contribution in [3.05, 3.63) is 41.7 Å². The topological polar surface area (TPSA) is 56.5 Å². The number of hydrogen-bond acceptors (Lipinski definition) is 4. The van der Waals surface area contributed by atoms with Gasteiger partial charge in [0.15, 0.2) is 0 Å². The van der Waals surface area contributed by atoms with Gasteiger partial charge in [-0.1, -0.05) is 0 Å². The van der Waals surface area contributed by atoms with Crippen LogP contribution in [0.15, 0.2) is 30.5 Å². The van der Waals surface area contributed by atoms with Gasteiger partial charge >= 0.3 is 0 Å². The highest BCUT2D eigenvalue weighted by Gasteiger charge is 2.11. The van der Waals surface area contributed by atoms with E-state index in [2.05, 4.69) is 5.10 Å². The fourth-order valence-corrected chi connectivity index (χ4v) is 2.02. The molecule has 0 saturated heterocycles. The van der Waals surface area contributed by atoms with Gasteiger partial charge < -0.3 is 14.6 Å². The van der Waals surface area contributed by atoms with Gasteiger partial charge in [0.1, 0.15) is 11.5 Å². The van der Waals surface area contributed by atoms with Crippen LogP contribution in [0.1, 0.15) is 24.3 Å². The predicted molar refractivity (Wildman–Crippen MR) is 76.0 cm³/mol. The van der Waals surface area contributed by atoms with Crippen LogP contribution in [0.3, 0.4) is 0 Å². The van der Waals surface area contributed by atoms with Gasteiger partial charge in [0.05, 0.1) is 19.8 Å². The summed E-state index contributed by atoms with van der Waals surface area (Å²) < 4.78 is 12.8. The normalized spacial score (nSPS) is 12.2. The summed E-state index contributed by atoms with van der Waals surface area (Å²) in [5, 5.41) is 13.9. The first-order valence-corrected chi connectivity index (χ1v) is 6.57. The van der Waals surface area contributed by atoms with Crippen molar-refractivity contribution in [2.45, 2.75) is 19.4 Å². The molecule has 108 valence electrons. The standard InChI is InChI=1S/C15H20N2O3/c1-11(18)14-5-4-13(19-3)10-15(14)20-9-7-12-6-8-16-17(12)2/h4-6,8,10-11,18H,7,9H2,1-3H3/t11-/m1/s1. The molecule has 2 aromatic rings. The molecule has 20 heavy (non-hydrogen) atoms. The summed E-state index contributed by atoms with van der Waals surface area (Å²) in [7, 11) is 3.51. The minimum atomic E-state index is -0.576. The van der Waals surface area contributed by atoms with Crippen LogP contribution in [0.2, 0.25) is 0 Å².